The Morgan fingerprint density at radius 3 is 2.58 bits per heavy atom. The molecule has 1 saturated heterocycles. The Bertz CT molecular complexity index is 186. The van der Waals surface area contributed by atoms with E-state index >= 15 is 0 Å². The normalized spacial score (nSPS) is 21.7. The van der Waals surface area contributed by atoms with Crippen LogP contribution in [-0.2, 0) is 9.47 Å². The first-order valence-electron chi connectivity index (χ1n) is 3.62. The molecule has 0 bridgehead atoms. The van der Waals surface area contributed by atoms with Gasteiger partial charge in [-0.1, -0.05) is 6.08 Å². The fraction of sp³-hybridized carbons (Fsp3) is 0.714. The van der Waals surface area contributed by atoms with E-state index in [1.54, 1.807) is 0 Å². The molecule has 0 saturated carbocycles. The van der Waals surface area contributed by atoms with Gasteiger partial charge >= 0.3 is 0 Å². The molecule has 1 aliphatic rings. The van der Waals surface area contributed by atoms with E-state index in [9.17, 15) is 10.1 Å². The van der Waals surface area contributed by atoms with Crippen LogP contribution >= 0.6 is 0 Å². The van der Waals surface area contributed by atoms with E-state index in [-0.39, 0.29) is 31.4 Å². The van der Waals surface area contributed by atoms with Gasteiger partial charge in [0.1, 0.15) is 20.0 Å². The minimum absolute atomic E-state index is 0.103. The fourth-order valence-electron chi connectivity index (χ4n) is 1.13. The third kappa shape index (κ3) is 1.62. The summed E-state index contributed by atoms with van der Waals surface area (Å²) in [7, 11) is 0. The lowest BCUT2D eigenvalue weighted by Gasteiger charge is -2.27. The lowest BCUT2D eigenvalue weighted by molar-refractivity contribution is -0.586. The van der Waals surface area contributed by atoms with E-state index in [0.29, 0.717) is 0 Å². The van der Waals surface area contributed by atoms with Crippen molar-refractivity contribution in [1.82, 2.24) is 0 Å². The van der Waals surface area contributed by atoms with Gasteiger partial charge in [-0.2, -0.15) is 0 Å². The first kappa shape index (κ1) is 9.15. The number of nitro groups is 1. The van der Waals surface area contributed by atoms with Crippen LogP contribution in [0.3, 0.4) is 0 Å². The number of hydrogen-bond acceptors (Lipinski definition) is 4. The summed E-state index contributed by atoms with van der Waals surface area (Å²) in [5.41, 5.74) is -1.11. The molecular weight excluding hydrogens is 162 g/mol. The van der Waals surface area contributed by atoms with Crippen molar-refractivity contribution >= 4 is 0 Å². The molecule has 0 aromatic carbocycles. The van der Waals surface area contributed by atoms with Crippen LogP contribution in [0.2, 0.25) is 0 Å². The number of hydrogen-bond donors (Lipinski definition) is 0. The molecule has 0 atom stereocenters. The van der Waals surface area contributed by atoms with Crippen LogP contribution < -0.4 is 0 Å². The van der Waals surface area contributed by atoms with E-state index < -0.39 is 5.54 Å². The van der Waals surface area contributed by atoms with Crippen LogP contribution in [0, 0.1) is 10.1 Å². The largest absolute Gasteiger partial charge is 0.348 e. The summed E-state index contributed by atoms with van der Waals surface area (Å²) in [6, 6.07) is 0. The molecule has 0 N–H and O–H groups in total. The van der Waals surface area contributed by atoms with E-state index in [2.05, 4.69) is 6.58 Å². The summed E-state index contributed by atoms with van der Waals surface area (Å²) in [4.78, 5) is 10.3. The smallest absolute Gasteiger partial charge is 0.271 e. The Labute approximate surface area is 70.1 Å². The molecule has 1 fully saturated rings. The van der Waals surface area contributed by atoms with Crippen LogP contribution in [0.15, 0.2) is 12.7 Å². The molecule has 0 aromatic heterocycles. The summed E-state index contributed by atoms with van der Waals surface area (Å²) < 4.78 is 9.78. The van der Waals surface area contributed by atoms with Crippen molar-refractivity contribution in [3.63, 3.8) is 0 Å². The second kappa shape index (κ2) is 3.64. The maximum absolute atomic E-state index is 10.7. The van der Waals surface area contributed by atoms with Crippen LogP contribution in [0.1, 0.15) is 6.42 Å². The minimum Gasteiger partial charge on any atom is -0.348 e. The van der Waals surface area contributed by atoms with Crippen LogP contribution in [-0.4, -0.2) is 30.5 Å². The van der Waals surface area contributed by atoms with Gasteiger partial charge in [-0.05, 0) is 0 Å². The average Bonchev–Trinajstić information content (AvgIpc) is 2.06. The molecule has 5 nitrogen and oxygen atoms in total. The fourth-order valence-corrected chi connectivity index (χ4v) is 1.13. The molecular formula is C7H11NO4. The van der Waals surface area contributed by atoms with Gasteiger partial charge in [0, 0.05) is 11.3 Å². The third-order valence-corrected chi connectivity index (χ3v) is 1.82. The predicted octanol–water partition coefficient (Wildman–Crippen LogP) is 0.582. The molecule has 68 valence electrons. The monoisotopic (exact) mass is 173 g/mol. The summed E-state index contributed by atoms with van der Waals surface area (Å²) in [5, 5.41) is 10.7. The van der Waals surface area contributed by atoms with Crippen LogP contribution in [0.5, 0.6) is 0 Å². The van der Waals surface area contributed by atoms with Gasteiger partial charge in [-0.3, -0.25) is 10.1 Å². The molecule has 0 aliphatic carbocycles. The Morgan fingerprint density at radius 2 is 2.17 bits per heavy atom. The van der Waals surface area contributed by atoms with Crippen molar-refractivity contribution in [3.8, 4) is 0 Å². The van der Waals surface area contributed by atoms with E-state index in [1.165, 1.54) is 6.08 Å². The minimum atomic E-state index is -1.11. The van der Waals surface area contributed by atoms with Crippen molar-refractivity contribution in [3.05, 3.63) is 22.8 Å². The standard InChI is InChI=1S/C7H11NO4/c1-2-3-7(8(9)10)4-11-6-12-5-7/h2H,1,3-6H2. The van der Waals surface area contributed by atoms with Crippen molar-refractivity contribution < 1.29 is 14.4 Å². The number of rotatable bonds is 3. The zero-order valence-corrected chi connectivity index (χ0v) is 6.69. The SMILES string of the molecule is C=CCC1([N+](=O)[O-])COCOC1. The quantitative estimate of drug-likeness (QED) is 0.356. The molecule has 0 aromatic rings. The van der Waals surface area contributed by atoms with Crippen molar-refractivity contribution in [2.24, 2.45) is 0 Å². The molecule has 5 heteroatoms. The molecule has 0 amide bonds. The molecule has 1 rings (SSSR count). The van der Waals surface area contributed by atoms with Gasteiger partial charge in [0.05, 0.1) is 0 Å². The summed E-state index contributed by atoms with van der Waals surface area (Å²) in [5.74, 6) is 0. The van der Waals surface area contributed by atoms with Gasteiger partial charge in [0.25, 0.3) is 5.54 Å². The van der Waals surface area contributed by atoms with Crippen molar-refractivity contribution in [1.29, 1.82) is 0 Å². The van der Waals surface area contributed by atoms with E-state index in [0.717, 1.165) is 0 Å². The zero-order chi connectivity index (χ0) is 9.03. The van der Waals surface area contributed by atoms with E-state index in [1.807, 2.05) is 0 Å². The summed E-state index contributed by atoms with van der Waals surface area (Å²) in [6.45, 7) is 3.82. The molecule has 0 spiro atoms. The van der Waals surface area contributed by atoms with Gasteiger partial charge < -0.3 is 9.47 Å². The molecule has 1 aliphatic heterocycles. The molecule has 1 heterocycles. The lowest BCUT2D eigenvalue weighted by Crippen LogP contribution is -2.50. The molecule has 0 unspecified atom stereocenters. The summed E-state index contributed by atoms with van der Waals surface area (Å²) in [6.07, 6.45) is 1.79. The Morgan fingerprint density at radius 1 is 1.58 bits per heavy atom. The van der Waals surface area contributed by atoms with Crippen molar-refractivity contribution in [2.75, 3.05) is 20.0 Å². The topological polar surface area (TPSA) is 61.6 Å². The second-order valence-electron chi connectivity index (χ2n) is 2.79. The van der Waals surface area contributed by atoms with Crippen LogP contribution in [0.25, 0.3) is 0 Å². The second-order valence-corrected chi connectivity index (χ2v) is 2.79. The van der Waals surface area contributed by atoms with Gasteiger partial charge in [-0.25, -0.2) is 0 Å². The van der Waals surface area contributed by atoms with E-state index in [4.69, 9.17) is 9.47 Å². The maximum Gasteiger partial charge on any atom is 0.271 e. The Kier molecular flexibility index (Phi) is 2.78. The van der Waals surface area contributed by atoms with Gasteiger partial charge in [0.15, 0.2) is 0 Å². The zero-order valence-electron chi connectivity index (χ0n) is 6.69. The van der Waals surface area contributed by atoms with Crippen LogP contribution in [0.4, 0.5) is 0 Å². The molecule has 0 radical (unpaired) electrons. The molecule has 12 heavy (non-hydrogen) atoms. The predicted molar refractivity (Wildman–Crippen MR) is 41.3 cm³/mol. The number of nitrogens with zero attached hydrogens (tertiary/aromatic N) is 1. The first-order valence-corrected chi connectivity index (χ1v) is 3.62. The highest BCUT2D eigenvalue weighted by molar-refractivity contribution is 4.88. The third-order valence-electron chi connectivity index (χ3n) is 1.82. The highest BCUT2D eigenvalue weighted by atomic mass is 16.7. The highest BCUT2D eigenvalue weighted by Gasteiger charge is 2.44. The summed E-state index contributed by atoms with van der Waals surface area (Å²) >= 11 is 0. The number of ether oxygens (including phenoxy) is 2. The highest BCUT2D eigenvalue weighted by Crippen LogP contribution is 2.20. The first-order chi connectivity index (χ1) is 5.71. The van der Waals surface area contributed by atoms with Gasteiger partial charge in [-0.15, -0.1) is 6.58 Å². The average molecular weight is 173 g/mol. The lowest BCUT2D eigenvalue weighted by atomic mass is 9.98. The Balaban J connectivity index is 2.69. The maximum atomic E-state index is 10.7. The van der Waals surface area contributed by atoms with Gasteiger partial charge in [0.2, 0.25) is 0 Å². The Hall–Kier alpha value is -0.940. The van der Waals surface area contributed by atoms with Crippen molar-refractivity contribution in [2.45, 2.75) is 12.0 Å².